The molecule has 0 aliphatic carbocycles. The Hall–Kier alpha value is -1.61. The van der Waals surface area contributed by atoms with Gasteiger partial charge in [-0.1, -0.05) is 6.92 Å². The van der Waals surface area contributed by atoms with Crippen molar-refractivity contribution >= 4 is 25.2 Å². The molecule has 0 unspecified atom stereocenters. The number of nitrogens with two attached hydrogens (primary N) is 1. The summed E-state index contributed by atoms with van der Waals surface area (Å²) in [5, 5.41) is 2.52. The average Bonchev–Trinajstić information content (AvgIpc) is 2.74. The third-order valence-corrected chi connectivity index (χ3v) is 3.25. The quantitative estimate of drug-likeness (QED) is 0.472. The Kier molecular flexibility index (Phi) is 5.52. The fourth-order valence-corrected chi connectivity index (χ4v) is 2.12. The first-order valence-corrected chi connectivity index (χ1v) is 7.34. The number of aromatic amines is 1. The molecule has 11 heteroatoms. The van der Waals surface area contributed by atoms with Crippen LogP contribution < -0.4 is 21.3 Å². The predicted molar refractivity (Wildman–Crippen MR) is 74.4 cm³/mol. The normalized spacial score (nSPS) is 13.3. The first kappa shape index (κ1) is 16.4. The number of nitrogens with zero attached hydrogens (tertiary/aromatic N) is 2. The maximum Gasteiger partial charge on any atom is 0.432 e. The second-order valence-corrected chi connectivity index (χ2v) is 5.40. The van der Waals surface area contributed by atoms with E-state index in [9.17, 15) is 9.36 Å². The third-order valence-electron chi connectivity index (χ3n) is 2.29. The summed E-state index contributed by atoms with van der Waals surface area (Å²) in [6.45, 7) is 2.79. The van der Waals surface area contributed by atoms with E-state index in [4.69, 9.17) is 20.3 Å². The SMILES string of the molecule is CCCOC.Nc1nc2c(c(=O)[nH]1)NCN2P(=O)(O)O. The molecule has 0 radical (unpaired) electrons. The van der Waals surface area contributed by atoms with E-state index >= 15 is 0 Å². The minimum atomic E-state index is -4.49. The van der Waals surface area contributed by atoms with Gasteiger partial charge in [-0.15, -0.1) is 0 Å². The van der Waals surface area contributed by atoms with Gasteiger partial charge in [0, 0.05) is 13.7 Å². The van der Waals surface area contributed by atoms with Gasteiger partial charge < -0.3 is 25.6 Å². The molecule has 2 heterocycles. The molecule has 114 valence electrons. The molecule has 0 spiro atoms. The highest BCUT2D eigenvalue weighted by Gasteiger charge is 2.35. The Morgan fingerprint density at radius 2 is 2.20 bits per heavy atom. The zero-order valence-electron chi connectivity index (χ0n) is 11.2. The zero-order chi connectivity index (χ0) is 15.3. The maximum absolute atomic E-state index is 11.3. The second-order valence-electron chi connectivity index (χ2n) is 3.89. The van der Waals surface area contributed by atoms with Gasteiger partial charge in [-0.3, -0.25) is 9.78 Å². The van der Waals surface area contributed by atoms with E-state index in [1.54, 1.807) is 7.11 Å². The fourth-order valence-electron chi connectivity index (χ4n) is 1.47. The Morgan fingerprint density at radius 1 is 1.55 bits per heavy atom. The first-order valence-electron chi connectivity index (χ1n) is 5.77. The van der Waals surface area contributed by atoms with E-state index in [0.29, 0.717) is 4.67 Å². The van der Waals surface area contributed by atoms with Crippen molar-refractivity contribution in [3.8, 4) is 0 Å². The molecule has 0 fully saturated rings. The minimum Gasteiger partial charge on any atom is -0.385 e. The van der Waals surface area contributed by atoms with E-state index in [1.165, 1.54) is 0 Å². The number of ether oxygens (including phenoxy) is 1. The number of nitrogen functional groups attached to an aromatic ring is 1. The van der Waals surface area contributed by atoms with Crippen molar-refractivity contribution in [2.24, 2.45) is 0 Å². The van der Waals surface area contributed by atoms with Crippen molar-refractivity contribution in [1.29, 1.82) is 0 Å². The molecule has 2 rings (SSSR count). The molecule has 1 aromatic heterocycles. The van der Waals surface area contributed by atoms with E-state index in [2.05, 4.69) is 22.2 Å². The summed E-state index contributed by atoms with van der Waals surface area (Å²) in [4.78, 5) is 35.1. The predicted octanol–water partition coefficient (Wildman–Crippen LogP) is -0.323. The summed E-state index contributed by atoms with van der Waals surface area (Å²) in [6, 6.07) is 0. The smallest absolute Gasteiger partial charge is 0.385 e. The largest absolute Gasteiger partial charge is 0.432 e. The summed E-state index contributed by atoms with van der Waals surface area (Å²) in [5.41, 5.74) is 4.71. The van der Waals surface area contributed by atoms with Crippen LogP contribution in [0.1, 0.15) is 13.3 Å². The van der Waals surface area contributed by atoms with Crippen molar-refractivity contribution in [3.63, 3.8) is 0 Å². The average molecular weight is 307 g/mol. The van der Waals surface area contributed by atoms with Crippen LogP contribution in [-0.4, -0.2) is 40.1 Å². The number of anilines is 3. The van der Waals surface area contributed by atoms with Gasteiger partial charge in [0.05, 0.1) is 0 Å². The van der Waals surface area contributed by atoms with Crippen LogP contribution in [0.2, 0.25) is 0 Å². The Labute approximate surface area is 115 Å². The molecular formula is C9H18N5O5P. The number of hydrogen-bond acceptors (Lipinski definition) is 6. The van der Waals surface area contributed by atoms with E-state index in [0.717, 1.165) is 13.0 Å². The van der Waals surface area contributed by atoms with Crippen molar-refractivity contribution in [2.75, 3.05) is 36.1 Å². The molecule has 10 nitrogen and oxygen atoms in total. The van der Waals surface area contributed by atoms with Crippen molar-refractivity contribution in [2.45, 2.75) is 13.3 Å². The number of methoxy groups -OCH3 is 1. The molecule has 0 atom stereocenters. The maximum atomic E-state index is 11.3. The molecule has 20 heavy (non-hydrogen) atoms. The van der Waals surface area contributed by atoms with Crippen LogP contribution in [0.25, 0.3) is 0 Å². The highest BCUT2D eigenvalue weighted by Crippen LogP contribution is 2.46. The van der Waals surface area contributed by atoms with Gasteiger partial charge in [0.1, 0.15) is 12.4 Å². The van der Waals surface area contributed by atoms with Gasteiger partial charge in [-0.2, -0.15) is 4.98 Å². The van der Waals surface area contributed by atoms with Gasteiger partial charge in [0.15, 0.2) is 5.82 Å². The van der Waals surface area contributed by atoms with Crippen molar-refractivity contribution in [3.05, 3.63) is 10.4 Å². The van der Waals surface area contributed by atoms with Crippen LogP contribution in [0.5, 0.6) is 0 Å². The number of fused-ring (bicyclic) bond motifs is 1. The molecule has 6 N–H and O–H groups in total. The van der Waals surface area contributed by atoms with Crippen LogP contribution in [0, 0.1) is 0 Å². The molecule has 1 aromatic rings. The number of H-pyrrole nitrogens is 1. The lowest BCUT2D eigenvalue weighted by Crippen LogP contribution is -2.19. The summed E-state index contributed by atoms with van der Waals surface area (Å²) in [7, 11) is -2.77. The van der Waals surface area contributed by atoms with Crippen LogP contribution in [-0.2, 0) is 9.30 Å². The topological polar surface area (TPSA) is 154 Å². The summed E-state index contributed by atoms with van der Waals surface area (Å²) >= 11 is 0. The van der Waals surface area contributed by atoms with Crippen LogP contribution in [0.4, 0.5) is 17.5 Å². The summed E-state index contributed by atoms with van der Waals surface area (Å²) in [6.07, 6.45) is 1.12. The van der Waals surface area contributed by atoms with Crippen LogP contribution in [0.3, 0.4) is 0 Å². The molecule has 0 aromatic carbocycles. The Morgan fingerprint density at radius 3 is 2.65 bits per heavy atom. The van der Waals surface area contributed by atoms with Gasteiger partial charge >= 0.3 is 7.75 Å². The van der Waals surface area contributed by atoms with Gasteiger partial charge in [-0.25, -0.2) is 9.24 Å². The first-order chi connectivity index (χ1) is 9.31. The standard InChI is InChI=1S/C5H8N5O4P.C4H10O/c6-5-8-3-2(4(11)9-5)7-1-10(3)15(12,13)14;1-3-4-5-2/h7H,1H2,(H2,12,13,14)(H3,6,8,9,11);3-4H2,1-2H3. The molecular weight excluding hydrogens is 289 g/mol. The lowest BCUT2D eigenvalue weighted by Gasteiger charge is -2.17. The highest BCUT2D eigenvalue weighted by molar-refractivity contribution is 7.53. The number of hydrogen-bond donors (Lipinski definition) is 5. The Balaban J connectivity index is 0.000000347. The molecule has 0 saturated carbocycles. The van der Waals surface area contributed by atoms with Crippen molar-refractivity contribution < 1.29 is 19.1 Å². The molecule has 0 saturated heterocycles. The lowest BCUT2D eigenvalue weighted by atomic mass is 10.5. The van der Waals surface area contributed by atoms with Gasteiger partial charge in [-0.05, 0) is 6.42 Å². The van der Waals surface area contributed by atoms with Gasteiger partial charge in [0.25, 0.3) is 5.56 Å². The highest BCUT2D eigenvalue weighted by atomic mass is 31.2. The van der Waals surface area contributed by atoms with E-state index < -0.39 is 13.3 Å². The molecule has 1 aliphatic heterocycles. The monoisotopic (exact) mass is 307 g/mol. The van der Waals surface area contributed by atoms with Crippen LogP contribution in [0.15, 0.2) is 4.79 Å². The molecule has 1 aliphatic rings. The summed E-state index contributed by atoms with van der Waals surface area (Å²) < 4.78 is 16.4. The minimum absolute atomic E-state index is 0.00697. The molecule has 0 amide bonds. The zero-order valence-corrected chi connectivity index (χ0v) is 12.1. The molecule has 0 bridgehead atoms. The fraction of sp³-hybridized carbons (Fsp3) is 0.556. The number of rotatable bonds is 3. The van der Waals surface area contributed by atoms with E-state index in [-0.39, 0.29) is 24.1 Å². The summed E-state index contributed by atoms with van der Waals surface area (Å²) in [5.74, 6) is -0.328. The second kappa shape index (κ2) is 6.71. The van der Waals surface area contributed by atoms with E-state index in [1.807, 2.05) is 0 Å². The third kappa shape index (κ3) is 3.94. The number of nitrogens with one attached hydrogen (secondary N) is 2. The Bertz CT molecular complexity index is 554. The van der Waals surface area contributed by atoms with Crippen molar-refractivity contribution in [1.82, 2.24) is 9.97 Å². The van der Waals surface area contributed by atoms with Crippen LogP contribution >= 0.6 is 7.75 Å². The number of aromatic nitrogens is 2. The lowest BCUT2D eigenvalue weighted by molar-refractivity contribution is 0.199. The van der Waals surface area contributed by atoms with Gasteiger partial charge in [0.2, 0.25) is 5.95 Å².